The largest absolute Gasteiger partial charge is 0.300 e. The molecule has 0 saturated carbocycles. The Morgan fingerprint density at radius 1 is 0.523 bits per heavy atom. The molecule has 0 N–H and O–H groups in total. The van der Waals surface area contributed by atoms with Gasteiger partial charge in [0.25, 0.3) is 0 Å². The Bertz CT molecular complexity index is 1770. The number of carbonyl (C=O) groups excluding carboxylic acids is 2. The average Bonchev–Trinajstić information content (AvgIpc) is 2.97. The smallest absolute Gasteiger partial charge is 0.137 e. The van der Waals surface area contributed by atoms with Crippen molar-refractivity contribution >= 4 is 33.4 Å². The molecule has 6 rings (SSSR count). The summed E-state index contributed by atoms with van der Waals surface area (Å²) in [6.07, 6.45) is 0.0833. The van der Waals surface area contributed by atoms with Gasteiger partial charge in [-0.2, -0.15) is 0 Å². The summed E-state index contributed by atoms with van der Waals surface area (Å²) in [5.74, 6) is -0.125. The zero-order valence-electron chi connectivity index (χ0n) is 26.1. The van der Waals surface area contributed by atoms with Crippen molar-refractivity contribution in [1.82, 2.24) is 9.97 Å². The number of Topliss-reactive ketones (excluding diaryl/α,β-unsaturated/α-hetero) is 2. The van der Waals surface area contributed by atoms with E-state index in [4.69, 9.17) is 9.97 Å². The maximum atomic E-state index is 10.0. The molecule has 2 heterocycles. The van der Waals surface area contributed by atoms with Crippen LogP contribution in [0.15, 0.2) is 109 Å². The van der Waals surface area contributed by atoms with Crippen LogP contribution in [0.1, 0.15) is 42.5 Å². The molecular weight excluding hydrogens is 721 g/mol. The average molecular weight is 759 g/mol. The van der Waals surface area contributed by atoms with Crippen LogP contribution in [0.5, 0.6) is 0 Å². The number of carbonyl (C=O) groups is 2. The molecule has 4 aromatic carbocycles. The second kappa shape index (κ2) is 16.0. The van der Waals surface area contributed by atoms with Crippen molar-refractivity contribution in [1.29, 1.82) is 0 Å². The summed E-state index contributed by atoms with van der Waals surface area (Å²) in [6, 6.07) is 38.0. The molecule has 6 aromatic rings. The second-order valence-electron chi connectivity index (χ2n) is 11.0. The molecule has 44 heavy (non-hydrogen) atoms. The predicted molar refractivity (Wildman–Crippen MR) is 179 cm³/mol. The Morgan fingerprint density at radius 3 is 1.23 bits per heavy atom. The molecule has 0 aliphatic carbocycles. The first kappa shape index (κ1) is 34.2. The van der Waals surface area contributed by atoms with Gasteiger partial charge in [0.1, 0.15) is 11.6 Å². The molecule has 0 amide bonds. The standard InChI is InChI=1S/2C17H15N.C5H8O2.Ir/c2*1-12-7-8-14-9-10-16(18-17(14)11-12)15-6-4-3-5-13(15)2;1-4(6)3-5(2)7;/h2*3-11H,1-2H3;3H2,1-2H3;. The molecule has 0 fully saturated rings. The first-order chi connectivity index (χ1) is 20.6. The van der Waals surface area contributed by atoms with Crippen LogP contribution in [0.4, 0.5) is 0 Å². The summed E-state index contributed by atoms with van der Waals surface area (Å²) in [6.45, 7) is 11.3. The van der Waals surface area contributed by atoms with E-state index in [0.29, 0.717) is 0 Å². The van der Waals surface area contributed by atoms with E-state index >= 15 is 0 Å². The van der Waals surface area contributed by atoms with E-state index in [9.17, 15) is 9.59 Å². The molecule has 2 aromatic heterocycles. The van der Waals surface area contributed by atoms with Gasteiger partial charge in [0.2, 0.25) is 0 Å². The molecule has 0 atom stereocenters. The Labute approximate surface area is 274 Å². The van der Waals surface area contributed by atoms with Crippen LogP contribution in [0.2, 0.25) is 0 Å². The van der Waals surface area contributed by atoms with Gasteiger partial charge in [-0.25, -0.2) is 9.97 Å². The summed E-state index contributed by atoms with van der Waals surface area (Å²) in [5, 5.41) is 2.39. The maximum absolute atomic E-state index is 10.0. The minimum absolute atomic E-state index is 0. The summed E-state index contributed by atoms with van der Waals surface area (Å²) < 4.78 is 0. The van der Waals surface area contributed by atoms with Crippen LogP contribution in [0.25, 0.3) is 44.3 Å². The van der Waals surface area contributed by atoms with Crippen molar-refractivity contribution in [2.75, 3.05) is 0 Å². The van der Waals surface area contributed by atoms with Gasteiger partial charge in [-0.1, -0.05) is 84.9 Å². The van der Waals surface area contributed by atoms with Gasteiger partial charge in [-0.3, -0.25) is 9.59 Å². The minimum atomic E-state index is -0.0625. The Hall–Kier alpha value is -4.31. The maximum Gasteiger partial charge on any atom is 0.137 e. The Kier molecular flexibility index (Phi) is 12.4. The monoisotopic (exact) mass is 759 g/mol. The van der Waals surface area contributed by atoms with Gasteiger partial charge in [0.05, 0.1) is 28.8 Å². The summed E-state index contributed by atoms with van der Waals surface area (Å²) in [5.41, 5.74) is 11.7. The first-order valence-electron chi connectivity index (χ1n) is 14.5. The molecule has 0 unspecified atom stereocenters. The summed E-state index contributed by atoms with van der Waals surface area (Å²) >= 11 is 0. The van der Waals surface area contributed by atoms with Crippen LogP contribution in [0.3, 0.4) is 0 Å². The molecule has 0 saturated heterocycles. The number of ketones is 2. The topological polar surface area (TPSA) is 59.9 Å². The molecule has 225 valence electrons. The first-order valence-corrected chi connectivity index (χ1v) is 14.5. The van der Waals surface area contributed by atoms with Crippen LogP contribution >= 0.6 is 0 Å². The van der Waals surface area contributed by atoms with E-state index in [2.05, 4.69) is 137 Å². The summed E-state index contributed by atoms with van der Waals surface area (Å²) in [4.78, 5) is 29.6. The predicted octanol–water partition coefficient (Wildman–Crippen LogP) is 9.59. The zero-order chi connectivity index (χ0) is 30.9. The van der Waals surface area contributed by atoms with Crippen molar-refractivity contribution in [2.24, 2.45) is 0 Å². The van der Waals surface area contributed by atoms with Crippen LogP contribution in [-0.2, 0) is 29.7 Å². The number of fused-ring (bicyclic) bond motifs is 2. The fraction of sp³-hybridized carbons (Fsp3) is 0.179. The molecule has 0 spiro atoms. The SMILES string of the molecule is CC(=O)CC(C)=O.Cc1ccc2ccc(-c3ccccc3C)nc2c1.Cc1ccc2ccc(-c3ccccc3C)nc2c1.[Ir]. The van der Waals surface area contributed by atoms with Crippen molar-refractivity contribution in [2.45, 2.75) is 48.0 Å². The molecule has 1 radical (unpaired) electrons. The number of aromatic nitrogens is 2. The Balaban J connectivity index is 0.000000196. The van der Waals surface area contributed by atoms with Crippen LogP contribution in [0, 0.1) is 27.7 Å². The fourth-order valence-electron chi connectivity index (χ4n) is 4.83. The third-order valence-corrected chi connectivity index (χ3v) is 7.04. The van der Waals surface area contributed by atoms with Crippen LogP contribution < -0.4 is 0 Å². The molecule has 0 aliphatic heterocycles. The van der Waals surface area contributed by atoms with Gasteiger partial charge < -0.3 is 0 Å². The number of pyridine rings is 2. The van der Waals surface area contributed by atoms with E-state index in [1.807, 2.05) is 0 Å². The van der Waals surface area contributed by atoms with E-state index in [1.54, 1.807) is 0 Å². The third-order valence-electron chi connectivity index (χ3n) is 7.04. The van der Waals surface area contributed by atoms with Gasteiger partial charge in [-0.15, -0.1) is 0 Å². The second-order valence-corrected chi connectivity index (χ2v) is 11.0. The number of hydrogen-bond donors (Lipinski definition) is 0. The molecular formula is C39H38IrN2O2. The fourth-order valence-corrected chi connectivity index (χ4v) is 4.83. The molecule has 4 nitrogen and oxygen atoms in total. The van der Waals surface area contributed by atoms with Gasteiger partial charge >= 0.3 is 0 Å². The quantitative estimate of drug-likeness (QED) is 0.168. The van der Waals surface area contributed by atoms with Gasteiger partial charge in [0.15, 0.2) is 0 Å². The van der Waals surface area contributed by atoms with E-state index in [0.717, 1.165) is 22.4 Å². The van der Waals surface area contributed by atoms with Gasteiger partial charge in [-0.05, 0) is 88.1 Å². The molecule has 0 aliphatic rings. The van der Waals surface area contributed by atoms with Gasteiger partial charge in [0, 0.05) is 42.0 Å². The number of hydrogen-bond acceptors (Lipinski definition) is 4. The number of benzene rings is 4. The molecule has 5 heteroatoms. The Morgan fingerprint density at radius 2 is 0.886 bits per heavy atom. The van der Waals surface area contributed by atoms with Crippen molar-refractivity contribution in [3.8, 4) is 22.5 Å². The molecule has 0 bridgehead atoms. The number of nitrogens with zero attached hydrogens (tertiary/aromatic N) is 2. The van der Waals surface area contributed by atoms with E-state index in [-0.39, 0.29) is 38.1 Å². The number of aryl methyl sites for hydroxylation is 4. The van der Waals surface area contributed by atoms with E-state index in [1.165, 1.54) is 58.0 Å². The number of rotatable bonds is 4. The minimum Gasteiger partial charge on any atom is -0.300 e. The zero-order valence-corrected chi connectivity index (χ0v) is 28.5. The van der Waals surface area contributed by atoms with E-state index < -0.39 is 0 Å². The van der Waals surface area contributed by atoms with Crippen LogP contribution in [-0.4, -0.2) is 21.5 Å². The normalized spacial score (nSPS) is 10.1. The van der Waals surface area contributed by atoms with Crippen molar-refractivity contribution in [3.05, 3.63) is 131 Å². The third kappa shape index (κ3) is 9.34. The van der Waals surface area contributed by atoms with Crippen molar-refractivity contribution < 1.29 is 29.7 Å². The summed E-state index contributed by atoms with van der Waals surface area (Å²) in [7, 11) is 0. The van der Waals surface area contributed by atoms with Crippen molar-refractivity contribution in [3.63, 3.8) is 0 Å².